The number of nitrogens with one attached hydrogen (secondary N) is 1. The van der Waals surface area contributed by atoms with E-state index in [0.29, 0.717) is 24.5 Å². The predicted octanol–water partition coefficient (Wildman–Crippen LogP) is 8.71. The third kappa shape index (κ3) is 9.46. The van der Waals surface area contributed by atoms with Crippen LogP contribution in [0.5, 0.6) is 5.75 Å². The lowest BCUT2D eigenvalue weighted by molar-refractivity contribution is 0.281. The Morgan fingerprint density at radius 1 is 0.917 bits per heavy atom. The molecule has 0 fully saturated rings. The zero-order chi connectivity index (χ0) is 26.8. The molecule has 0 aliphatic carbocycles. The molecule has 1 N–H and O–H groups in total. The van der Waals surface area contributed by atoms with Crippen molar-refractivity contribution in [1.29, 1.82) is 0 Å². The molecule has 1 radical (unpaired) electrons. The number of benzene rings is 2. The number of unbranched alkanes of at least 4 members (excludes halogenated alkanes) is 5. The molecule has 36 heavy (non-hydrogen) atoms. The lowest BCUT2D eigenvalue weighted by Gasteiger charge is -2.33. The first kappa shape index (κ1) is 30.2. The largest absolute Gasteiger partial charge is 0.492 e. The maximum Gasteiger partial charge on any atom is 0.265 e. The summed E-state index contributed by atoms with van der Waals surface area (Å²) in [5.74, 6) is 0.422. The zero-order valence-corrected chi connectivity index (χ0v) is 24.4. The van der Waals surface area contributed by atoms with Gasteiger partial charge < -0.3 is 4.74 Å². The molecule has 0 unspecified atom stereocenters. The number of para-hydroxylation sites is 1. The Morgan fingerprint density at radius 3 is 2.25 bits per heavy atom. The summed E-state index contributed by atoms with van der Waals surface area (Å²) in [4.78, 5) is 0.211. The fraction of sp³-hybridized carbons (Fsp3) is 0.581. The fourth-order valence-corrected chi connectivity index (χ4v) is 6.24. The molecular formula is C31H48NO3S. The van der Waals surface area contributed by atoms with E-state index < -0.39 is 10.0 Å². The Kier molecular flexibility index (Phi) is 11.3. The van der Waals surface area contributed by atoms with Crippen molar-refractivity contribution in [2.75, 3.05) is 11.3 Å². The second kappa shape index (κ2) is 13.5. The molecule has 0 aliphatic rings. The number of anilines is 1. The van der Waals surface area contributed by atoms with Gasteiger partial charge in [0.1, 0.15) is 10.6 Å². The summed E-state index contributed by atoms with van der Waals surface area (Å²) in [6, 6.07) is 13.3. The number of hydrogen-bond donors (Lipinski definition) is 1. The third-order valence-corrected chi connectivity index (χ3v) is 7.81. The van der Waals surface area contributed by atoms with Crippen molar-refractivity contribution < 1.29 is 13.2 Å². The van der Waals surface area contributed by atoms with Crippen LogP contribution in [0.15, 0.2) is 47.4 Å². The number of hydrogen-bond acceptors (Lipinski definition) is 3. The van der Waals surface area contributed by atoms with Crippen LogP contribution in [-0.2, 0) is 21.9 Å². The highest BCUT2D eigenvalue weighted by Gasteiger charge is 2.30. The average molecular weight is 515 g/mol. The first-order valence-corrected chi connectivity index (χ1v) is 15.0. The SMILES string of the molecule is C[CH]Cc1ccccc1NS(=O)(=O)c1cc(C(C)(C)CC(C)(C)C)ccc1OCCCCCCCC. The van der Waals surface area contributed by atoms with Gasteiger partial charge in [-0.05, 0) is 65.8 Å². The van der Waals surface area contributed by atoms with Gasteiger partial charge in [-0.1, -0.05) is 105 Å². The van der Waals surface area contributed by atoms with Gasteiger partial charge in [0.15, 0.2) is 0 Å². The molecule has 4 nitrogen and oxygen atoms in total. The summed E-state index contributed by atoms with van der Waals surface area (Å²) in [6.45, 7) is 15.7. The molecule has 2 aromatic rings. The van der Waals surface area contributed by atoms with Crippen molar-refractivity contribution in [3.05, 3.63) is 60.0 Å². The van der Waals surface area contributed by atoms with Crippen molar-refractivity contribution in [3.8, 4) is 5.75 Å². The maximum absolute atomic E-state index is 13.7. The van der Waals surface area contributed by atoms with Crippen LogP contribution >= 0.6 is 0 Å². The standard InChI is InChI=1S/C31H48NO3S/c1-8-10-11-12-13-16-22-35-28-21-20-26(31(6,7)24-30(3,4)5)23-29(28)36(33,34)32-27-19-15-14-18-25(27)17-9-2/h9,14-15,18-21,23,32H,8,10-13,16-17,22,24H2,1-7H3. The molecule has 2 aromatic carbocycles. The van der Waals surface area contributed by atoms with Gasteiger partial charge in [0.25, 0.3) is 10.0 Å². The summed E-state index contributed by atoms with van der Waals surface area (Å²) in [5.41, 5.74) is 2.48. The van der Waals surface area contributed by atoms with E-state index in [4.69, 9.17) is 4.74 Å². The first-order valence-electron chi connectivity index (χ1n) is 13.6. The molecule has 0 saturated heterocycles. The van der Waals surface area contributed by atoms with E-state index in [9.17, 15) is 8.42 Å². The predicted molar refractivity (Wildman–Crippen MR) is 153 cm³/mol. The van der Waals surface area contributed by atoms with E-state index in [1.165, 1.54) is 25.7 Å². The highest BCUT2D eigenvalue weighted by Crippen LogP contribution is 2.39. The van der Waals surface area contributed by atoms with Crippen LogP contribution in [0.25, 0.3) is 0 Å². The molecular weight excluding hydrogens is 466 g/mol. The average Bonchev–Trinajstić information content (AvgIpc) is 2.78. The molecule has 0 aromatic heterocycles. The Bertz CT molecular complexity index is 1050. The monoisotopic (exact) mass is 514 g/mol. The van der Waals surface area contributed by atoms with Crippen molar-refractivity contribution in [2.24, 2.45) is 5.41 Å². The molecule has 0 heterocycles. The summed E-state index contributed by atoms with van der Waals surface area (Å²) in [7, 11) is -3.85. The minimum atomic E-state index is -3.85. The van der Waals surface area contributed by atoms with Crippen molar-refractivity contribution in [2.45, 2.75) is 110 Å². The van der Waals surface area contributed by atoms with Gasteiger partial charge in [-0.2, -0.15) is 0 Å². The fourth-order valence-electron chi connectivity index (χ4n) is 4.97. The van der Waals surface area contributed by atoms with Crippen molar-refractivity contribution >= 4 is 15.7 Å². The van der Waals surface area contributed by atoms with E-state index in [1.54, 1.807) is 0 Å². The van der Waals surface area contributed by atoms with Gasteiger partial charge in [-0.15, -0.1) is 0 Å². The lowest BCUT2D eigenvalue weighted by Crippen LogP contribution is -2.25. The van der Waals surface area contributed by atoms with Crippen LogP contribution in [0.4, 0.5) is 5.69 Å². The molecule has 0 atom stereocenters. The highest BCUT2D eigenvalue weighted by molar-refractivity contribution is 7.92. The second-order valence-corrected chi connectivity index (χ2v) is 13.4. The summed E-state index contributed by atoms with van der Waals surface area (Å²) in [5, 5.41) is 0. The van der Waals surface area contributed by atoms with E-state index in [0.717, 1.165) is 30.4 Å². The van der Waals surface area contributed by atoms with Crippen LogP contribution in [0, 0.1) is 11.8 Å². The van der Waals surface area contributed by atoms with Gasteiger partial charge in [-0.25, -0.2) is 8.42 Å². The molecule has 0 bridgehead atoms. The number of sulfonamides is 1. The molecule has 0 amide bonds. The molecule has 5 heteroatoms. The summed E-state index contributed by atoms with van der Waals surface area (Å²) in [6.07, 6.45) is 10.6. The van der Waals surface area contributed by atoms with Gasteiger partial charge in [0, 0.05) is 0 Å². The summed E-state index contributed by atoms with van der Waals surface area (Å²) < 4.78 is 36.4. The first-order chi connectivity index (χ1) is 16.9. The molecule has 2 rings (SSSR count). The van der Waals surface area contributed by atoms with Crippen LogP contribution in [0.3, 0.4) is 0 Å². The van der Waals surface area contributed by atoms with Crippen LogP contribution in [0.1, 0.15) is 105 Å². The maximum atomic E-state index is 13.7. The van der Waals surface area contributed by atoms with Crippen LogP contribution in [-0.4, -0.2) is 15.0 Å². The Hall–Kier alpha value is -2.01. The quantitative estimate of drug-likeness (QED) is 0.242. The van der Waals surface area contributed by atoms with E-state index >= 15 is 0 Å². The zero-order valence-electron chi connectivity index (χ0n) is 23.6. The van der Waals surface area contributed by atoms with E-state index in [-0.39, 0.29) is 15.7 Å². The Labute approximate surface area is 221 Å². The van der Waals surface area contributed by atoms with Gasteiger partial charge in [0.05, 0.1) is 12.3 Å². The van der Waals surface area contributed by atoms with E-state index in [1.807, 2.05) is 55.8 Å². The second-order valence-electron chi connectivity index (χ2n) is 11.8. The molecule has 0 saturated carbocycles. The number of ether oxygens (including phenoxy) is 1. The molecule has 0 spiro atoms. The van der Waals surface area contributed by atoms with Crippen LogP contribution < -0.4 is 9.46 Å². The normalized spacial score (nSPS) is 12.5. The van der Waals surface area contributed by atoms with Crippen molar-refractivity contribution in [3.63, 3.8) is 0 Å². The lowest BCUT2D eigenvalue weighted by atomic mass is 9.72. The Balaban J connectivity index is 2.36. The van der Waals surface area contributed by atoms with Gasteiger partial charge in [0.2, 0.25) is 0 Å². The van der Waals surface area contributed by atoms with Crippen molar-refractivity contribution in [1.82, 2.24) is 0 Å². The minimum Gasteiger partial charge on any atom is -0.492 e. The third-order valence-electron chi connectivity index (χ3n) is 6.43. The minimum absolute atomic E-state index is 0.114. The topological polar surface area (TPSA) is 55.4 Å². The van der Waals surface area contributed by atoms with Gasteiger partial charge >= 0.3 is 0 Å². The number of rotatable bonds is 15. The van der Waals surface area contributed by atoms with Gasteiger partial charge in [-0.3, -0.25) is 4.72 Å². The smallest absolute Gasteiger partial charge is 0.265 e. The van der Waals surface area contributed by atoms with Crippen LogP contribution in [0.2, 0.25) is 0 Å². The summed E-state index contributed by atoms with van der Waals surface area (Å²) >= 11 is 0. The molecule has 0 aliphatic heterocycles. The highest BCUT2D eigenvalue weighted by atomic mass is 32.2. The Morgan fingerprint density at radius 2 is 1.58 bits per heavy atom. The molecule has 201 valence electrons. The van der Waals surface area contributed by atoms with E-state index in [2.05, 4.69) is 46.3 Å².